The van der Waals surface area contributed by atoms with Crippen LogP contribution in [0, 0.1) is 5.82 Å². The molecule has 2 N–H and O–H groups in total. The highest BCUT2D eigenvalue weighted by molar-refractivity contribution is 6.07. The number of benzene rings is 1. The maximum Gasteiger partial charge on any atom is 0.425 e. The van der Waals surface area contributed by atoms with Crippen LogP contribution < -0.4 is 25.2 Å². The number of hydrogen-bond acceptors (Lipinski definition) is 8. The molecule has 0 aliphatic carbocycles. The van der Waals surface area contributed by atoms with Crippen molar-refractivity contribution in [3.8, 4) is 23.2 Å². The summed E-state index contributed by atoms with van der Waals surface area (Å²) in [5.74, 6) is -3.96. The molecule has 0 saturated heterocycles. The van der Waals surface area contributed by atoms with Gasteiger partial charge in [-0.25, -0.2) is 9.18 Å². The van der Waals surface area contributed by atoms with E-state index in [1.54, 1.807) is 13.0 Å². The summed E-state index contributed by atoms with van der Waals surface area (Å²) in [7, 11) is 2.63. The standard InChI is InChI=1S/C22H23F4N5O6/c1-5-30-16(10-32)29-31(21(30)34)18-13(23)9-12(20(28-18)37-11(2)22(24,25)26)19(33)27-17-14(35-3)7-6-8-15(17)36-4/h6-9,11,32H,5,10H2,1-4H3,(H,27,33). The minimum Gasteiger partial charge on any atom is -0.494 e. The van der Waals surface area contributed by atoms with Crippen LogP contribution in [0.3, 0.4) is 0 Å². The van der Waals surface area contributed by atoms with Crippen molar-refractivity contribution in [2.24, 2.45) is 0 Å². The van der Waals surface area contributed by atoms with Crippen molar-refractivity contribution in [3.63, 3.8) is 0 Å². The van der Waals surface area contributed by atoms with Crippen molar-refractivity contribution in [2.75, 3.05) is 19.5 Å². The van der Waals surface area contributed by atoms with Gasteiger partial charge in [-0.05, 0) is 32.0 Å². The molecule has 1 unspecified atom stereocenters. The average molecular weight is 529 g/mol. The van der Waals surface area contributed by atoms with E-state index in [0.717, 1.165) is 4.57 Å². The number of amides is 1. The Labute approximate surface area is 207 Å². The second-order valence-electron chi connectivity index (χ2n) is 7.45. The van der Waals surface area contributed by atoms with E-state index < -0.39 is 53.6 Å². The molecular weight excluding hydrogens is 506 g/mol. The van der Waals surface area contributed by atoms with Gasteiger partial charge in [0.1, 0.15) is 29.4 Å². The van der Waals surface area contributed by atoms with Gasteiger partial charge in [0.15, 0.2) is 23.6 Å². The molecule has 15 heteroatoms. The Bertz CT molecular complexity index is 1330. The van der Waals surface area contributed by atoms with Gasteiger partial charge in [0.05, 0.1) is 14.2 Å². The van der Waals surface area contributed by atoms with Crippen LogP contribution in [0.2, 0.25) is 0 Å². The predicted molar refractivity (Wildman–Crippen MR) is 121 cm³/mol. The third kappa shape index (κ3) is 5.50. The number of pyridine rings is 1. The van der Waals surface area contributed by atoms with E-state index >= 15 is 4.39 Å². The minimum atomic E-state index is -4.86. The lowest BCUT2D eigenvalue weighted by Gasteiger charge is -2.20. The summed E-state index contributed by atoms with van der Waals surface area (Å²) in [6.07, 6.45) is -7.32. The molecular formula is C22H23F4N5O6. The Balaban J connectivity index is 2.17. The number of aliphatic hydroxyl groups excluding tert-OH is 1. The first-order valence-corrected chi connectivity index (χ1v) is 10.7. The predicted octanol–water partition coefficient (Wildman–Crippen LogP) is 2.68. The fourth-order valence-corrected chi connectivity index (χ4v) is 3.26. The van der Waals surface area contributed by atoms with Crippen molar-refractivity contribution in [2.45, 2.75) is 39.3 Å². The fourth-order valence-electron chi connectivity index (χ4n) is 3.26. The quantitative estimate of drug-likeness (QED) is 0.405. The van der Waals surface area contributed by atoms with Crippen molar-refractivity contribution < 1.29 is 41.7 Å². The van der Waals surface area contributed by atoms with Crippen molar-refractivity contribution in [1.29, 1.82) is 0 Å². The van der Waals surface area contributed by atoms with Crippen molar-refractivity contribution in [1.82, 2.24) is 19.3 Å². The number of hydrogen-bond donors (Lipinski definition) is 2. The summed E-state index contributed by atoms with van der Waals surface area (Å²) in [6, 6.07) is 5.10. The first-order chi connectivity index (χ1) is 17.5. The summed E-state index contributed by atoms with van der Waals surface area (Å²) >= 11 is 0. The number of carbonyl (C=O) groups is 1. The molecule has 3 aromatic rings. The molecule has 0 fully saturated rings. The number of alkyl halides is 3. The molecule has 0 bridgehead atoms. The number of aliphatic hydroxyl groups is 1. The van der Waals surface area contributed by atoms with Crippen LogP contribution >= 0.6 is 0 Å². The number of halogens is 4. The molecule has 1 amide bonds. The molecule has 2 aromatic heterocycles. The number of carbonyl (C=O) groups excluding carboxylic acids is 1. The molecule has 37 heavy (non-hydrogen) atoms. The van der Waals surface area contributed by atoms with Crippen LogP contribution in [0.5, 0.6) is 17.4 Å². The summed E-state index contributed by atoms with van der Waals surface area (Å²) in [4.78, 5) is 29.5. The van der Waals surface area contributed by atoms with Crippen LogP contribution in [0.1, 0.15) is 30.0 Å². The third-order valence-corrected chi connectivity index (χ3v) is 5.18. The van der Waals surface area contributed by atoms with E-state index in [0.29, 0.717) is 17.7 Å². The zero-order valence-electron chi connectivity index (χ0n) is 20.1. The summed E-state index contributed by atoms with van der Waals surface area (Å²) in [6.45, 7) is 1.62. The van der Waals surface area contributed by atoms with Gasteiger partial charge in [0, 0.05) is 6.54 Å². The lowest BCUT2D eigenvalue weighted by molar-refractivity contribution is -0.190. The van der Waals surface area contributed by atoms with Crippen LogP contribution in [-0.2, 0) is 13.2 Å². The number of methoxy groups -OCH3 is 2. The smallest absolute Gasteiger partial charge is 0.425 e. The molecule has 0 saturated carbocycles. The Hall–Kier alpha value is -4.14. The monoisotopic (exact) mass is 529 g/mol. The van der Waals surface area contributed by atoms with Crippen molar-refractivity contribution in [3.05, 3.63) is 52.0 Å². The number of para-hydroxylation sites is 1. The van der Waals surface area contributed by atoms with Gasteiger partial charge in [-0.1, -0.05) is 6.07 Å². The van der Waals surface area contributed by atoms with Crippen LogP contribution in [0.4, 0.5) is 23.2 Å². The van der Waals surface area contributed by atoms with E-state index in [-0.39, 0.29) is 29.6 Å². The van der Waals surface area contributed by atoms with E-state index in [4.69, 9.17) is 14.2 Å². The molecule has 2 heterocycles. The highest BCUT2D eigenvalue weighted by Crippen LogP contribution is 2.35. The summed E-state index contributed by atoms with van der Waals surface area (Å²) in [5, 5.41) is 15.6. The molecule has 1 atom stereocenters. The maximum absolute atomic E-state index is 15.2. The molecule has 200 valence electrons. The molecule has 11 nitrogen and oxygen atoms in total. The Morgan fingerprint density at radius 1 is 1.22 bits per heavy atom. The fraction of sp³-hybridized carbons (Fsp3) is 0.364. The van der Waals surface area contributed by atoms with Crippen LogP contribution in [0.25, 0.3) is 5.82 Å². The number of nitrogens with zero attached hydrogens (tertiary/aromatic N) is 4. The number of aromatic nitrogens is 4. The maximum atomic E-state index is 15.2. The second-order valence-corrected chi connectivity index (χ2v) is 7.45. The van der Waals surface area contributed by atoms with Crippen LogP contribution in [-0.4, -0.2) is 56.8 Å². The first-order valence-electron chi connectivity index (χ1n) is 10.7. The van der Waals surface area contributed by atoms with E-state index in [2.05, 4.69) is 15.4 Å². The number of ether oxygens (including phenoxy) is 3. The second kappa shape index (κ2) is 10.9. The Morgan fingerprint density at radius 3 is 2.32 bits per heavy atom. The highest BCUT2D eigenvalue weighted by atomic mass is 19.4. The molecule has 0 radical (unpaired) electrons. The topological polar surface area (TPSA) is 130 Å². The van der Waals surface area contributed by atoms with Gasteiger partial charge in [0.25, 0.3) is 5.91 Å². The largest absolute Gasteiger partial charge is 0.494 e. The van der Waals surface area contributed by atoms with E-state index in [9.17, 15) is 27.9 Å². The number of rotatable bonds is 9. The Morgan fingerprint density at radius 2 is 1.84 bits per heavy atom. The zero-order chi connectivity index (χ0) is 27.5. The van der Waals surface area contributed by atoms with Gasteiger partial charge >= 0.3 is 11.9 Å². The highest BCUT2D eigenvalue weighted by Gasteiger charge is 2.39. The lowest BCUT2D eigenvalue weighted by atomic mass is 10.2. The molecule has 3 rings (SSSR count). The van der Waals surface area contributed by atoms with Gasteiger partial charge in [-0.3, -0.25) is 9.36 Å². The number of anilines is 1. The van der Waals surface area contributed by atoms with Crippen LogP contribution in [0.15, 0.2) is 29.1 Å². The van der Waals surface area contributed by atoms with Gasteiger partial charge < -0.3 is 24.6 Å². The average Bonchev–Trinajstić information content (AvgIpc) is 3.19. The van der Waals surface area contributed by atoms with Gasteiger partial charge in [0.2, 0.25) is 5.88 Å². The first kappa shape index (κ1) is 27.4. The van der Waals surface area contributed by atoms with Gasteiger partial charge in [-0.2, -0.15) is 22.8 Å². The molecule has 0 aliphatic rings. The number of nitrogens with one attached hydrogen (secondary N) is 1. The normalized spacial score (nSPS) is 12.2. The molecule has 1 aromatic carbocycles. The minimum absolute atomic E-state index is 0.0160. The van der Waals surface area contributed by atoms with Gasteiger partial charge in [-0.15, -0.1) is 5.10 Å². The lowest BCUT2D eigenvalue weighted by Crippen LogP contribution is -2.33. The van der Waals surface area contributed by atoms with E-state index in [1.165, 1.54) is 26.4 Å². The van der Waals surface area contributed by atoms with Crippen molar-refractivity contribution >= 4 is 11.6 Å². The third-order valence-electron chi connectivity index (χ3n) is 5.18. The molecule has 0 aliphatic heterocycles. The molecule has 0 spiro atoms. The SMILES string of the molecule is CCn1c(CO)nn(-c2nc(OC(C)C(F)(F)F)c(C(=O)Nc3c(OC)cccc3OC)cc2F)c1=O. The van der Waals surface area contributed by atoms with E-state index in [1.807, 2.05) is 0 Å². The Kier molecular flexibility index (Phi) is 8.06. The summed E-state index contributed by atoms with van der Waals surface area (Å²) < 4.78 is 71.7. The zero-order valence-corrected chi connectivity index (χ0v) is 20.1. The summed E-state index contributed by atoms with van der Waals surface area (Å²) in [5.41, 5.74) is -1.61.